The van der Waals surface area contributed by atoms with Crippen molar-refractivity contribution in [3.8, 4) is 0 Å². The van der Waals surface area contributed by atoms with Gasteiger partial charge in [0.1, 0.15) is 5.02 Å². The van der Waals surface area contributed by atoms with E-state index in [9.17, 15) is 15.2 Å². The van der Waals surface area contributed by atoms with Crippen molar-refractivity contribution in [2.75, 3.05) is 0 Å². The number of benzene rings is 1. The summed E-state index contributed by atoms with van der Waals surface area (Å²) < 4.78 is 0. The highest BCUT2D eigenvalue weighted by atomic mass is 35.5. The molecule has 1 aliphatic rings. The van der Waals surface area contributed by atoms with Crippen LogP contribution in [-0.2, 0) is 0 Å². The number of hydrogen-bond acceptors (Lipinski definition) is 4. The fourth-order valence-corrected chi connectivity index (χ4v) is 2.85. The summed E-state index contributed by atoms with van der Waals surface area (Å²) in [5, 5.41) is 21.2. The minimum absolute atomic E-state index is 0. The number of aliphatic hydroxyl groups excluding tert-OH is 1. The average molecular weight is 321 g/mol. The lowest BCUT2D eigenvalue weighted by Gasteiger charge is -2.24. The van der Waals surface area contributed by atoms with Gasteiger partial charge in [-0.2, -0.15) is 0 Å². The first-order valence-corrected chi connectivity index (χ1v) is 6.76. The van der Waals surface area contributed by atoms with E-state index in [-0.39, 0.29) is 29.0 Å². The standard InChI is InChI=1S/C13H17ClN2O3.ClH/c14-10-6-5-9(7-11(10)16(18)19)12(15)13(17)8-3-1-2-4-8;/h5-8,12-13,17H,1-4,15H2;1H/t12-,13+;/m1./s1. The van der Waals surface area contributed by atoms with Gasteiger partial charge in [-0.3, -0.25) is 10.1 Å². The predicted octanol–water partition coefficient (Wildman–Crippen LogP) is 3.22. The summed E-state index contributed by atoms with van der Waals surface area (Å²) in [4.78, 5) is 10.3. The van der Waals surface area contributed by atoms with Gasteiger partial charge in [-0.15, -0.1) is 12.4 Å². The van der Waals surface area contributed by atoms with Crippen LogP contribution in [0, 0.1) is 16.0 Å². The fraction of sp³-hybridized carbons (Fsp3) is 0.538. The monoisotopic (exact) mass is 320 g/mol. The highest BCUT2D eigenvalue weighted by molar-refractivity contribution is 6.32. The Kier molecular flexibility index (Phi) is 6.20. The summed E-state index contributed by atoms with van der Waals surface area (Å²) in [6, 6.07) is 3.83. The van der Waals surface area contributed by atoms with Crippen LogP contribution in [0.1, 0.15) is 37.3 Å². The quantitative estimate of drug-likeness (QED) is 0.658. The van der Waals surface area contributed by atoms with Gasteiger partial charge in [-0.05, 0) is 30.4 Å². The molecule has 0 bridgehead atoms. The zero-order valence-corrected chi connectivity index (χ0v) is 12.4. The van der Waals surface area contributed by atoms with Crippen LogP contribution in [-0.4, -0.2) is 16.1 Å². The molecule has 5 nitrogen and oxygen atoms in total. The Hall–Kier alpha value is -0.880. The Labute approximate surface area is 128 Å². The summed E-state index contributed by atoms with van der Waals surface area (Å²) in [5.41, 5.74) is 6.40. The third-order valence-corrected chi connectivity index (χ3v) is 4.12. The molecular weight excluding hydrogens is 303 g/mol. The second kappa shape index (κ2) is 7.22. The predicted molar refractivity (Wildman–Crippen MR) is 80.2 cm³/mol. The minimum atomic E-state index is -0.664. The molecule has 1 fully saturated rings. The number of nitro groups is 1. The molecule has 0 unspecified atom stereocenters. The molecule has 0 radical (unpaired) electrons. The van der Waals surface area contributed by atoms with Crippen molar-refractivity contribution in [3.63, 3.8) is 0 Å². The van der Waals surface area contributed by atoms with Crippen LogP contribution in [0.15, 0.2) is 18.2 Å². The molecule has 2 atom stereocenters. The zero-order valence-electron chi connectivity index (χ0n) is 10.9. The minimum Gasteiger partial charge on any atom is -0.391 e. The van der Waals surface area contributed by atoms with E-state index in [1.54, 1.807) is 6.07 Å². The molecule has 1 aromatic rings. The SMILES string of the molecule is Cl.N[C@H](c1ccc(Cl)c([N+](=O)[O-])c1)[C@@H](O)C1CCCC1. The molecule has 0 heterocycles. The summed E-state index contributed by atoms with van der Waals surface area (Å²) in [6.45, 7) is 0. The molecule has 0 aliphatic heterocycles. The number of nitrogens with zero attached hydrogens (tertiary/aromatic N) is 1. The molecule has 7 heteroatoms. The van der Waals surface area contributed by atoms with Crippen LogP contribution < -0.4 is 5.73 Å². The van der Waals surface area contributed by atoms with Crippen LogP contribution in [0.3, 0.4) is 0 Å². The Morgan fingerprint density at radius 3 is 2.55 bits per heavy atom. The highest BCUT2D eigenvalue weighted by Gasteiger charge is 2.29. The van der Waals surface area contributed by atoms with Gasteiger partial charge < -0.3 is 10.8 Å². The lowest BCUT2D eigenvalue weighted by atomic mass is 9.91. The van der Waals surface area contributed by atoms with Gasteiger partial charge in [0.05, 0.1) is 17.1 Å². The number of hydrogen-bond donors (Lipinski definition) is 2. The molecule has 3 N–H and O–H groups in total. The Morgan fingerprint density at radius 2 is 2.00 bits per heavy atom. The molecular formula is C13H18Cl2N2O3. The van der Waals surface area contributed by atoms with E-state index in [4.69, 9.17) is 17.3 Å². The van der Waals surface area contributed by atoms with E-state index in [1.165, 1.54) is 12.1 Å². The molecule has 112 valence electrons. The number of aliphatic hydroxyl groups is 1. The Balaban J connectivity index is 0.00000200. The van der Waals surface area contributed by atoms with E-state index >= 15 is 0 Å². The summed E-state index contributed by atoms with van der Waals surface area (Å²) in [7, 11) is 0. The van der Waals surface area contributed by atoms with Crippen molar-refractivity contribution in [2.45, 2.75) is 37.8 Å². The van der Waals surface area contributed by atoms with Crippen molar-refractivity contribution in [1.82, 2.24) is 0 Å². The second-order valence-corrected chi connectivity index (χ2v) is 5.44. The van der Waals surface area contributed by atoms with Gasteiger partial charge in [0.15, 0.2) is 0 Å². The van der Waals surface area contributed by atoms with Gasteiger partial charge in [0.2, 0.25) is 0 Å². The zero-order chi connectivity index (χ0) is 14.0. The highest BCUT2D eigenvalue weighted by Crippen LogP contribution is 2.34. The molecule has 0 amide bonds. The van der Waals surface area contributed by atoms with Crippen molar-refractivity contribution in [1.29, 1.82) is 0 Å². The number of nitrogens with two attached hydrogens (primary N) is 1. The molecule has 0 aromatic heterocycles. The molecule has 1 saturated carbocycles. The lowest BCUT2D eigenvalue weighted by Crippen LogP contribution is -2.31. The summed E-state index contributed by atoms with van der Waals surface area (Å²) >= 11 is 5.76. The van der Waals surface area contributed by atoms with Gasteiger partial charge >= 0.3 is 0 Å². The van der Waals surface area contributed by atoms with Crippen molar-refractivity contribution >= 4 is 29.7 Å². The van der Waals surface area contributed by atoms with Crippen LogP contribution in [0.25, 0.3) is 0 Å². The van der Waals surface area contributed by atoms with E-state index < -0.39 is 17.1 Å². The van der Waals surface area contributed by atoms with Gasteiger partial charge in [-0.1, -0.05) is 30.5 Å². The average Bonchev–Trinajstić information content (AvgIpc) is 2.91. The fourth-order valence-electron chi connectivity index (χ4n) is 2.67. The van der Waals surface area contributed by atoms with Crippen molar-refractivity contribution < 1.29 is 10.0 Å². The molecule has 0 spiro atoms. The third kappa shape index (κ3) is 3.61. The number of halogens is 2. The van der Waals surface area contributed by atoms with Crippen LogP contribution in [0.2, 0.25) is 5.02 Å². The Morgan fingerprint density at radius 1 is 1.40 bits per heavy atom. The van der Waals surface area contributed by atoms with Gasteiger partial charge in [0.25, 0.3) is 5.69 Å². The van der Waals surface area contributed by atoms with Crippen molar-refractivity contribution in [3.05, 3.63) is 38.9 Å². The maximum absolute atomic E-state index is 10.8. The van der Waals surface area contributed by atoms with E-state index in [0.29, 0.717) is 5.56 Å². The van der Waals surface area contributed by atoms with Gasteiger partial charge in [0, 0.05) is 6.07 Å². The van der Waals surface area contributed by atoms with Crippen LogP contribution >= 0.6 is 24.0 Å². The lowest BCUT2D eigenvalue weighted by molar-refractivity contribution is -0.384. The van der Waals surface area contributed by atoms with Crippen molar-refractivity contribution in [2.24, 2.45) is 11.7 Å². The Bertz CT molecular complexity index is 479. The summed E-state index contributed by atoms with van der Waals surface area (Å²) in [5.74, 6) is 0.185. The van der Waals surface area contributed by atoms with E-state index in [0.717, 1.165) is 25.7 Å². The molecule has 2 rings (SSSR count). The van der Waals surface area contributed by atoms with Gasteiger partial charge in [-0.25, -0.2) is 0 Å². The van der Waals surface area contributed by atoms with Crippen LogP contribution in [0.5, 0.6) is 0 Å². The smallest absolute Gasteiger partial charge is 0.288 e. The molecule has 1 aliphatic carbocycles. The maximum atomic E-state index is 10.8. The number of nitro benzene ring substituents is 1. The van der Waals surface area contributed by atoms with E-state index in [1.807, 2.05) is 0 Å². The van der Waals surface area contributed by atoms with Crippen LogP contribution in [0.4, 0.5) is 5.69 Å². The topological polar surface area (TPSA) is 89.4 Å². The first-order chi connectivity index (χ1) is 9.00. The molecule has 20 heavy (non-hydrogen) atoms. The first kappa shape index (κ1) is 17.2. The second-order valence-electron chi connectivity index (χ2n) is 5.03. The molecule has 1 aromatic carbocycles. The first-order valence-electron chi connectivity index (χ1n) is 6.38. The number of rotatable bonds is 4. The molecule has 0 saturated heterocycles. The largest absolute Gasteiger partial charge is 0.391 e. The maximum Gasteiger partial charge on any atom is 0.288 e. The normalized spacial score (nSPS) is 18.4. The summed E-state index contributed by atoms with van der Waals surface area (Å²) in [6.07, 6.45) is 3.47. The van der Waals surface area contributed by atoms with E-state index in [2.05, 4.69) is 0 Å². The third-order valence-electron chi connectivity index (χ3n) is 3.80.